The Morgan fingerprint density at radius 2 is 2.00 bits per heavy atom. The van der Waals surface area contributed by atoms with Gasteiger partial charge in [0.2, 0.25) is 0 Å². The molecule has 2 N–H and O–H groups in total. The highest BCUT2D eigenvalue weighted by Crippen LogP contribution is 2.19. The largest absolute Gasteiger partial charge is 0.497 e. The topological polar surface area (TPSA) is 67.4 Å². The number of ether oxygens (including phenoxy) is 3. The maximum atomic E-state index is 5.92. The SMILES string of the molecule is CN=C(NCCCCN1CCOCC1)NCC(C)Oc1cccc(OC)c1. The molecule has 1 fully saturated rings. The number of unbranched alkanes of at least 4 members (excludes halogenated alkanes) is 1. The molecule has 152 valence electrons. The van der Waals surface area contributed by atoms with Crippen molar-refractivity contribution in [2.45, 2.75) is 25.9 Å². The Labute approximate surface area is 163 Å². The van der Waals surface area contributed by atoms with Crippen LogP contribution in [-0.4, -0.2) is 77.1 Å². The van der Waals surface area contributed by atoms with E-state index < -0.39 is 0 Å². The zero-order chi connectivity index (χ0) is 19.3. The van der Waals surface area contributed by atoms with Crippen LogP contribution in [-0.2, 0) is 4.74 Å². The fraction of sp³-hybridized carbons (Fsp3) is 0.650. The lowest BCUT2D eigenvalue weighted by atomic mass is 10.2. The minimum absolute atomic E-state index is 0.0111. The smallest absolute Gasteiger partial charge is 0.191 e. The molecule has 1 saturated heterocycles. The van der Waals surface area contributed by atoms with Gasteiger partial charge in [0.1, 0.15) is 17.6 Å². The second-order valence-corrected chi connectivity index (χ2v) is 6.65. The number of methoxy groups -OCH3 is 1. The van der Waals surface area contributed by atoms with E-state index in [0.29, 0.717) is 6.54 Å². The van der Waals surface area contributed by atoms with Crippen molar-refractivity contribution in [1.29, 1.82) is 0 Å². The van der Waals surface area contributed by atoms with Crippen LogP contribution in [0.1, 0.15) is 19.8 Å². The van der Waals surface area contributed by atoms with Gasteiger partial charge in [-0.2, -0.15) is 0 Å². The molecule has 0 saturated carbocycles. The molecule has 0 aromatic heterocycles. The highest BCUT2D eigenvalue weighted by Gasteiger charge is 2.09. The van der Waals surface area contributed by atoms with Gasteiger partial charge in [-0.05, 0) is 38.4 Å². The lowest BCUT2D eigenvalue weighted by Gasteiger charge is -2.26. The lowest BCUT2D eigenvalue weighted by Crippen LogP contribution is -2.42. The fourth-order valence-corrected chi connectivity index (χ4v) is 2.90. The van der Waals surface area contributed by atoms with Crippen molar-refractivity contribution in [3.8, 4) is 11.5 Å². The molecule has 1 aliphatic rings. The van der Waals surface area contributed by atoms with Crippen molar-refractivity contribution in [2.75, 3.05) is 60.1 Å². The molecule has 1 aliphatic heterocycles. The molecule has 7 heteroatoms. The number of morpholine rings is 1. The first-order valence-electron chi connectivity index (χ1n) is 9.76. The Bertz CT molecular complexity index is 562. The Balaban J connectivity index is 1.58. The van der Waals surface area contributed by atoms with E-state index in [1.54, 1.807) is 14.2 Å². The molecule has 1 heterocycles. The Kier molecular flexibility index (Phi) is 9.79. The number of hydrogen-bond donors (Lipinski definition) is 2. The van der Waals surface area contributed by atoms with Crippen molar-refractivity contribution in [3.05, 3.63) is 24.3 Å². The summed E-state index contributed by atoms with van der Waals surface area (Å²) >= 11 is 0. The van der Waals surface area contributed by atoms with Gasteiger partial charge in [0.15, 0.2) is 5.96 Å². The van der Waals surface area contributed by atoms with Crippen LogP contribution in [0.15, 0.2) is 29.3 Å². The third-order valence-corrected chi connectivity index (χ3v) is 4.46. The first-order valence-corrected chi connectivity index (χ1v) is 9.76. The molecule has 2 rings (SSSR count). The molecule has 0 radical (unpaired) electrons. The van der Waals surface area contributed by atoms with Crippen LogP contribution in [0.3, 0.4) is 0 Å². The zero-order valence-corrected chi connectivity index (χ0v) is 16.9. The number of benzene rings is 1. The molecule has 1 aromatic carbocycles. The zero-order valence-electron chi connectivity index (χ0n) is 16.9. The average molecular weight is 379 g/mol. The van der Waals surface area contributed by atoms with Gasteiger partial charge in [-0.3, -0.25) is 9.89 Å². The van der Waals surface area contributed by atoms with Crippen molar-refractivity contribution in [3.63, 3.8) is 0 Å². The molecular formula is C20H34N4O3. The number of rotatable bonds is 10. The molecule has 0 spiro atoms. The number of nitrogens with one attached hydrogen (secondary N) is 2. The second-order valence-electron chi connectivity index (χ2n) is 6.65. The van der Waals surface area contributed by atoms with Gasteiger partial charge in [0, 0.05) is 32.7 Å². The molecule has 0 aliphatic carbocycles. The van der Waals surface area contributed by atoms with E-state index in [1.165, 1.54) is 6.42 Å². The summed E-state index contributed by atoms with van der Waals surface area (Å²) in [5.74, 6) is 2.40. The van der Waals surface area contributed by atoms with Gasteiger partial charge in [-0.25, -0.2) is 0 Å². The van der Waals surface area contributed by atoms with Crippen LogP contribution in [0.4, 0.5) is 0 Å². The highest BCUT2D eigenvalue weighted by molar-refractivity contribution is 5.79. The molecular weight excluding hydrogens is 344 g/mol. The normalized spacial score (nSPS) is 16.6. The molecule has 1 unspecified atom stereocenters. The third kappa shape index (κ3) is 8.49. The van der Waals surface area contributed by atoms with Gasteiger partial charge >= 0.3 is 0 Å². The van der Waals surface area contributed by atoms with Crippen LogP contribution in [0.2, 0.25) is 0 Å². The van der Waals surface area contributed by atoms with Gasteiger partial charge < -0.3 is 24.8 Å². The molecule has 27 heavy (non-hydrogen) atoms. The van der Waals surface area contributed by atoms with Crippen LogP contribution < -0.4 is 20.1 Å². The van der Waals surface area contributed by atoms with Crippen LogP contribution in [0.5, 0.6) is 11.5 Å². The van der Waals surface area contributed by atoms with Crippen molar-refractivity contribution >= 4 is 5.96 Å². The number of aliphatic imine (C=N–C) groups is 1. The summed E-state index contributed by atoms with van der Waals surface area (Å²) in [7, 11) is 3.44. The van der Waals surface area contributed by atoms with Gasteiger partial charge in [0.05, 0.1) is 26.9 Å². The van der Waals surface area contributed by atoms with Gasteiger partial charge in [-0.1, -0.05) is 6.07 Å². The summed E-state index contributed by atoms with van der Waals surface area (Å²) in [4.78, 5) is 6.74. The first-order chi connectivity index (χ1) is 13.2. The number of nitrogens with zero attached hydrogens (tertiary/aromatic N) is 2. The van der Waals surface area contributed by atoms with E-state index >= 15 is 0 Å². The van der Waals surface area contributed by atoms with Crippen LogP contribution >= 0.6 is 0 Å². The van der Waals surface area contributed by atoms with E-state index in [-0.39, 0.29) is 6.10 Å². The van der Waals surface area contributed by atoms with Crippen LogP contribution in [0, 0.1) is 0 Å². The fourth-order valence-electron chi connectivity index (χ4n) is 2.90. The maximum absolute atomic E-state index is 5.92. The van der Waals surface area contributed by atoms with Crippen molar-refractivity contribution < 1.29 is 14.2 Å². The van der Waals surface area contributed by atoms with Crippen molar-refractivity contribution in [1.82, 2.24) is 15.5 Å². The van der Waals surface area contributed by atoms with E-state index in [2.05, 4.69) is 20.5 Å². The third-order valence-electron chi connectivity index (χ3n) is 4.46. The summed E-state index contributed by atoms with van der Waals surface area (Å²) in [5, 5.41) is 6.68. The number of hydrogen-bond acceptors (Lipinski definition) is 5. The molecule has 1 aromatic rings. The summed E-state index contributed by atoms with van der Waals surface area (Å²) in [6, 6.07) is 7.64. The summed E-state index contributed by atoms with van der Waals surface area (Å²) < 4.78 is 16.5. The highest BCUT2D eigenvalue weighted by atomic mass is 16.5. The van der Waals surface area contributed by atoms with E-state index in [1.807, 2.05) is 31.2 Å². The van der Waals surface area contributed by atoms with E-state index in [9.17, 15) is 0 Å². The van der Waals surface area contributed by atoms with Gasteiger partial charge in [-0.15, -0.1) is 0 Å². The minimum atomic E-state index is 0.0111. The maximum Gasteiger partial charge on any atom is 0.191 e. The Morgan fingerprint density at radius 1 is 1.22 bits per heavy atom. The Hall–Kier alpha value is -1.99. The predicted molar refractivity (Wildman–Crippen MR) is 109 cm³/mol. The second kappa shape index (κ2) is 12.4. The Morgan fingerprint density at radius 3 is 2.74 bits per heavy atom. The average Bonchev–Trinajstić information content (AvgIpc) is 2.71. The standard InChI is InChI=1S/C20H34N4O3/c1-17(27-19-8-6-7-18(15-19)25-3)16-23-20(21-2)22-9-4-5-10-24-11-13-26-14-12-24/h6-8,15,17H,4-5,9-14,16H2,1-3H3,(H2,21,22,23). The lowest BCUT2D eigenvalue weighted by molar-refractivity contribution is 0.0372. The predicted octanol–water partition coefficient (Wildman–Crippen LogP) is 1.74. The van der Waals surface area contributed by atoms with Gasteiger partial charge in [0.25, 0.3) is 0 Å². The minimum Gasteiger partial charge on any atom is -0.497 e. The first kappa shape index (κ1) is 21.3. The molecule has 7 nitrogen and oxygen atoms in total. The van der Waals surface area contributed by atoms with Crippen molar-refractivity contribution in [2.24, 2.45) is 4.99 Å². The molecule has 0 bridgehead atoms. The monoisotopic (exact) mass is 378 g/mol. The summed E-state index contributed by atoms with van der Waals surface area (Å²) in [5.41, 5.74) is 0. The molecule has 0 amide bonds. The van der Waals surface area contributed by atoms with Crippen LogP contribution in [0.25, 0.3) is 0 Å². The summed E-state index contributed by atoms with van der Waals surface area (Å²) in [6.45, 7) is 8.60. The quantitative estimate of drug-likeness (QED) is 0.367. The number of guanidine groups is 1. The molecule has 1 atom stereocenters. The van der Waals surface area contributed by atoms with E-state index in [0.717, 1.165) is 63.3 Å². The van der Waals surface area contributed by atoms with E-state index in [4.69, 9.17) is 14.2 Å². The summed E-state index contributed by atoms with van der Waals surface area (Å²) in [6.07, 6.45) is 2.31.